The SMILES string of the molecule is O=S1(=O)CCCN1[C@@H]1CCCN(C[C@@H]2CC=CCC2)C1. The summed E-state index contributed by atoms with van der Waals surface area (Å²) in [6.07, 6.45) is 11.3. The van der Waals surface area contributed by atoms with Crippen LogP contribution >= 0.6 is 0 Å². The smallest absolute Gasteiger partial charge is 0.214 e. The van der Waals surface area contributed by atoms with Gasteiger partial charge in [-0.1, -0.05) is 12.2 Å². The van der Waals surface area contributed by atoms with E-state index in [-0.39, 0.29) is 6.04 Å². The fraction of sp³-hybridized carbons (Fsp3) is 0.867. The van der Waals surface area contributed by atoms with Gasteiger partial charge in [-0.05, 0) is 51.0 Å². The molecular weight excluding hydrogens is 272 g/mol. The molecule has 20 heavy (non-hydrogen) atoms. The molecule has 0 aromatic heterocycles. The van der Waals surface area contributed by atoms with Crippen molar-refractivity contribution < 1.29 is 8.42 Å². The molecule has 2 heterocycles. The lowest BCUT2D eigenvalue weighted by atomic mass is 9.93. The van der Waals surface area contributed by atoms with E-state index in [4.69, 9.17) is 0 Å². The van der Waals surface area contributed by atoms with Gasteiger partial charge >= 0.3 is 0 Å². The molecule has 0 N–H and O–H groups in total. The zero-order chi connectivity index (χ0) is 14.0. The van der Waals surface area contributed by atoms with Crippen molar-refractivity contribution in [1.82, 2.24) is 9.21 Å². The van der Waals surface area contributed by atoms with Crippen LogP contribution in [0.1, 0.15) is 38.5 Å². The first-order chi connectivity index (χ1) is 9.65. The predicted octanol–water partition coefficient (Wildman–Crippen LogP) is 1.84. The standard InChI is InChI=1S/C15H26N2O2S/c18-20(19)11-5-10-17(20)15-8-4-9-16(13-15)12-14-6-2-1-3-7-14/h1-2,14-15H,3-13H2/t14-,15-/m1/s1. The number of hydrogen-bond acceptors (Lipinski definition) is 3. The fourth-order valence-electron chi connectivity index (χ4n) is 3.89. The van der Waals surface area contributed by atoms with Gasteiger partial charge in [-0.3, -0.25) is 0 Å². The van der Waals surface area contributed by atoms with Gasteiger partial charge < -0.3 is 4.90 Å². The monoisotopic (exact) mass is 298 g/mol. The molecule has 0 aromatic carbocycles. The van der Waals surface area contributed by atoms with Crippen LogP contribution in [0.25, 0.3) is 0 Å². The Labute approximate surface area is 122 Å². The van der Waals surface area contributed by atoms with Crippen LogP contribution in [-0.2, 0) is 10.0 Å². The van der Waals surface area contributed by atoms with Crippen LogP contribution in [0.2, 0.25) is 0 Å². The maximum Gasteiger partial charge on any atom is 0.214 e. The minimum atomic E-state index is -2.95. The summed E-state index contributed by atoms with van der Waals surface area (Å²) in [6, 6.07) is 0.232. The van der Waals surface area contributed by atoms with Crippen LogP contribution in [0.3, 0.4) is 0 Å². The molecule has 2 aliphatic heterocycles. The maximum absolute atomic E-state index is 12.1. The van der Waals surface area contributed by atoms with Gasteiger partial charge in [0.15, 0.2) is 0 Å². The first kappa shape index (κ1) is 14.5. The normalized spacial score (nSPS) is 35.4. The molecule has 0 amide bonds. The second-order valence-corrected chi connectivity index (χ2v) is 8.53. The van der Waals surface area contributed by atoms with E-state index in [1.165, 1.54) is 19.3 Å². The quantitative estimate of drug-likeness (QED) is 0.747. The summed E-state index contributed by atoms with van der Waals surface area (Å²) in [5.41, 5.74) is 0. The number of hydrogen-bond donors (Lipinski definition) is 0. The topological polar surface area (TPSA) is 40.6 Å². The Balaban J connectivity index is 1.57. The Morgan fingerprint density at radius 3 is 2.70 bits per heavy atom. The number of sulfonamides is 1. The summed E-state index contributed by atoms with van der Waals surface area (Å²) in [5, 5.41) is 0. The highest BCUT2D eigenvalue weighted by atomic mass is 32.2. The van der Waals surface area contributed by atoms with Crippen LogP contribution in [0.15, 0.2) is 12.2 Å². The van der Waals surface area contributed by atoms with Crippen molar-refractivity contribution >= 4 is 10.0 Å². The second kappa shape index (κ2) is 6.16. The summed E-state index contributed by atoms with van der Waals surface area (Å²) >= 11 is 0. The molecule has 0 aromatic rings. The van der Waals surface area contributed by atoms with Gasteiger partial charge in [0.2, 0.25) is 10.0 Å². The van der Waals surface area contributed by atoms with E-state index in [2.05, 4.69) is 17.1 Å². The third kappa shape index (κ3) is 3.26. The first-order valence-corrected chi connectivity index (χ1v) is 9.63. The fourth-order valence-corrected chi connectivity index (χ4v) is 5.65. The van der Waals surface area contributed by atoms with Gasteiger partial charge in [0.1, 0.15) is 0 Å². The van der Waals surface area contributed by atoms with Crippen LogP contribution in [0.4, 0.5) is 0 Å². The molecule has 0 saturated carbocycles. The van der Waals surface area contributed by atoms with E-state index in [0.29, 0.717) is 5.75 Å². The second-order valence-electron chi connectivity index (χ2n) is 6.49. The van der Waals surface area contributed by atoms with Crippen LogP contribution in [-0.4, -0.2) is 55.6 Å². The summed E-state index contributed by atoms with van der Waals surface area (Å²) in [7, 11) is -2.95. The lowest BCUT2D eigenvalue weighted by Gasteiger charge is -2.38. The number of rotatable bonds is 3. The minimum absolute atomic E-state index is 0.232. The van der Waals surface area contributed by atoms with Crippen molar-refractivity contribution in [3.63, 3.8) is 0 Å². The average Bonchev–Trinajstić information content (AvgIpc) is 2.80. The van der Waals surface area contributed by atoms with E-state index < -0.39 is 10.0 Å². The van der Waals surface area contributed by atoms with Gasteiger partial charge in [-0.15, -0.1) is 0 Å². The van der Waals surface area contributed by atoms with Gasteiger partial charge in [0.05, 0.1) is 5.75 Å². The largest absolute Gasteiger partial charge is 0.301 e. The molecule has 4 nitrogen and oxygen atoms in total. The van der Waals surface area contributed by atoms with E-state index in [9.17, 15) is 8.42 Å². The Morgan fingerprint density at radius 1 is 1.10 bits per heavy atom. The van der Waals surface area contributed by atoms with E-state index in [1.807, 2.05) is 0 Å². The van der Waals surface area contributed by atoms with Crippen molar-refractivity contribution in [3.8, 4) is 0 Å². The number of piperidine rings is 1. The number of likely N-dealkylation sites (tertiary alicyclic amines) is 1. The highest BCUT2D eigenvalue weighted by Gasteiger charge is 2.36. The highest BCUT2D eigenvalue weighted by Crippen LogP contribution is 2.26. The molecule has 5 heteroatoms. The third-order valence-electron chi connectivity index (χ3n) is 4.92. The zero-order valence-electron chi connectivity index (χ0n) is 12.2. The summed E-state index contributed by atoms with van der Waals surface area (Å²) in [5.74, 6) is 1.13. The molecule has 0 spiro atoms. The Hall–Kier alpha value is -0.390. The maximum atomic E-state index is 12.1. The minimum Gasteiger partial charge on any atom is -0.301 e. The number of nitrogens with zero attached hydrogens (tertiary/aromatic N) is 2. The molecule has 2 atom stereocenters. The van der Waals surface area contributed by atoms with Crippen molar-refractivity contribution in [2.75, 3.05) is 31.9 Å². The molecule has 114 valence electrons. The van der Waals surface area contributed by atoms with Gasteiger partial charge in [-0.2, -0.15) is 4.31 Å². The van der Waals surface area contributed by atoms with Crippen LogP contribution in [0.5, 0.6) is 0 Å². The van der Waals surface area contributed by atoms with Crippen molar-refractivity contribution in [3.05, 3.63) is 12.2 Å². The van der Waals surface area contributed by atoms with Crippen LogP contribution < -0.4 is 0 Å². The molecule has 2 fully saturated rings. The third-order valence-corrected chi connectivity index (χ3v) is 6.92. The molecule has 2 saturated heterocycles. The van der Waals surface area contributed by atoms with Gasteiger partial charge in [0, 0.05) is 25.7 Å². The summed E-state index contributed by atoms with van der Waals surface area (Å²) in [4.78, 5) is 2.51. The van der Waals surface area contributed by atoms with Gasteiger partial charge in [0.25, 0.3) is 0 Å². The summed E-state index contributed by atoms with van der Waals surface area (Å²) in [6.45, 7) is 3.98. The lowest BCUT2D eigenvalue weighted by Crippen LogP contribution is -2.49. The molecule has 3 rings (SSSR count). The lowest BCUT2D eigenvalue weighted by molar-refractivity contribution is 0.132. The molecular formula is C15H26N2O2S. The van der Waals surface area contributed by atoms with Crippen LogP contribution in [0, 0.1) is 5.92 Å². The molecule has 3 aliphatic rings. The first-order valence-electron chi connectivity index (χ1n) is 8.02. The molecule has 0 unspecified atom stereocenters. The molecule has 0 bridgehead atoms. The van der Waals surface area contributed by atoms with Crippen molar-refractivity contribution in [1.29, 1.82) is 0 Å². The van der Waals surface area contributed by atoms with Crippen molar-refractivity contribution in [2.24, 2.45) is 5.92 Å². The van der Waals surface area contributed by atoms with E-state index in [0.717, 1.165) is 51.4 Å². The zero-order valence-corrected chi connectivity index (χ0v) is 13.0. The Kier molecular flexibility index (Phi) is 4.48. The molecule has 0 radical (unpaired) electrons. The predicted molar refractivity (Wildman–Crippen MR) is 81.1 cm³/mol. The number of allylic oxidation sites excluding steroid dienone is 2. The van der Waals surface area contributed by atoms with Gasteiger partial charge in [-0.25, -0.2) is 8.42 Å². The van der Waals surface area contributed by atoms with Crippen molar-refractivity contribution in [2.45, 2.75) is 44.6 Å². The summed E-state index contributed by atoms with van der Waals surface area (Å²) < 4.78 is 25.9. The Bertz CT molecular complexity index is 460. The highest BCUT2D eigenvalue weighted by molar-refractivity contribution is 7.89. The molecule has 1 aliphatic carbocycles. The van der Waals surface area contributed by atoms with E-state index in [1.54, 1.807) is 4.31 Å². The Morgan fingerprint density at radius 2 is 2.00 bits per heavy atom. The van der Waals surface area contributed by atoms with E-state index >= 15 is 0 Å². The average molecular weight is 298 g/mol.